The number of alkyl halides is 4. The van der Waals surface area contributed by atoms with E-state index in [9.17, 15) is 22.4 Å². The molecule has 0 saturated carbocycles. The number of methoxy groups -OCH3 is 1. The van der Waals surface area contributed by atoms with Crippen LogP contribution in [0.2, 0.25) is 5.02 Å². The van der Waals surface area contributed by atoms with E-state index in [1.165, 1.54) is 19.2 Å². The quantitative estimate of drug-likeness (QED) is 0.330. The van der Waals surface area contributed by atoms with Crippen LogP contribution in [0, 0.1) is 0 Å². The first-order valence-electron chi connectivity index (χ1n) is 13.7. The molecule has 10 nitrogen and oxygen atoms in total. The number of anilines is 2. The van der Waals surface area contributed by atoms with Crippen molar-refractivity contribution in [2.45, 2.75) is 38.0 Å². The summed E-state index contributed by atoms with van der Waals surface area (Å²) in [5, 5.41) is 5.48. The third kappa shape index (κ3) is 7.15. The van der Waals surface area contributed by atoms with Crippen molar-refractivity contribution in [2.75, 3.05) is 46.3 Å². The molecule has 1 fully saturated rings. The van der Waals surface area contributed by atoms with Crippen LogP contribution in [0.5, 0.6) is 17.4 Å². The number of carbonyl (C=O) groups is 1. The molecule has 3 heterocycles. The molecule has 0 radical (unpaired) electrons. The van der Waals surface area contributed by atoms with Crippen LogP contribution in [-0.4, -0.2) is 78.9 Å². The van der Waals surface area contributed by atoms with Crippen LogP contribution in [0.1, 0.15) is 33.5 Å². The largest absolute Gasteiger partial charge is 0.495 e. The van der Waals surface area contributed by atoms with E-state index >= 15 is 0 Å². The number of nitrogens with zero attached hydrogens (tertiary/aromatic N) is 4. The highest BCUT2D eigenvalue weighted by Gasteiger charge is 2.37. The lowest BCUT2D eigenvalue weighted by Crippen LogP contribution is -2.51. The Kier molecular flexibility index (Phi) is 9.44. The lowest BCUT2D eigenvalue weighted by Gasteiger charge is -2.32. The predicted molar refractivity (Wildman–Crippen MR) is 154 cm³/mol. The summed E-state index contributed by atoms with van der Waals surface area (Å²) >= 11 is 6.42. The Morgan fingerprint density at radius 1 is 1.18 bits per heavy atom. The Labute approximate surface area is 256 Å². The van der Waals surface area contributed by atoms with E-state index in [0.717, 1.165) is 5.56 Å². The van der Waals surface area contributed by atoms with Gasteiger partial charge in [0, 0.05) is 31.4 Å². The van der Waals surface area contributed by atoms with E-state index in [1.807, 2.05) is 22.9 Å². The highest BCUT2D eigenvalue weighted by molar-refractivity contribution is 6.34. The van der Waals surface area contributed by atoms with Crippen LogP contribution in [-0.2, 0) is 24.1 Å². The zero-order valence-electron chi connectivity index (χ0n) is 24.2. The molecule has 2 aliphatic rings. The summed E-state index contributed by atoms with van der Waals surface area (Å²) in [6, 6.07) is 7.11. The lowest BCUT2D eigenvalue weighted by molar-refractivity contribution is -0.139. The van der Waals surface area contributed by atoms with Gasteiger partial charge in [-0.1, -0.05) is 23.7 Å². The van der Waals surface area contributed by atoms with Crippen molar-refractivity contribution in [3.8, 4) is 17.4 Å². The van der Waals surface area contributed by atoms with Gasteiger partial charge in [0.2, 0.25) is 11.8 Å². The summed E-state index contributed by atoms with van der Waals surface area (Å²) in [4.78, 5) is 24.6. The second-order valence-electron chi connectivity index (χ2n) is 10.7. The molecule has 236 valence electrons. The van der Waals surface area contributed by atoms with Crippen molar-refractivity contribution >= 4 is 29.1 Å². The topological polar surface area (TPSA) is 101 Å². The smallest absolute Gasteiger partial charge is 0.423 e. The number of halogens is 5. The summed E-state index contributed by atoms with van der Waals surface area (Å²) < 4.78 is 73.2. The van der Waals surface area contributed by atoms with Crippen LogP contribution < -0.4 is 20.1 Å². The molecule has 1 saturated heterocycles. The normalized spacial score (nSPS) is 19.5. The summed E-state index contributed by atoms with van der Waals surface area (Å²) in [5.74, 6) is -1.26. The van der Waals surface area contributed by atoms with E-state index in [0.29, 0.717) is 38.0 Å². The van der Waals surface area contributed by atoms with Crippen LogP contribution in [0.3, 0.4) is 0 Å². The van der Waals surface area contributed by atoms with Gasteiger partial charge in [0.15, 0.2) is 0 Å². The molecule has 0 bridgehead atoms. The molecule has 2 aromatic carbocycles. The molecule has 1 aromatic heterocycles. The second kappa shape index (κ2) is 13.1. The fourth-order valence-electron chi connectivity index (χ4n) is 5.04. The number of fused-ring (bicyclic) bond motifs is 1. The van der Waals surface area contributed by atoms with Gasteiger partial charge in [-0.2, -0.15) is 18.2 Å². The van der Waals surface area contributed by atoms with E-state index in [-0.39, 0.29) is 46.9 Å². The molecule has 0 spiro atoms. The van der Waals surface area contributed by atoms with Gasteiger partial charge in [-0.3, -0.25) is 9.69 Å². The highest BCUT2D eigenvalue weighted by atomic mass is 35.5. The SMILES string of the molecule is COc1cc(C(=O)N[C@@H]2CCN(C)C[C@@H]2F)c(Cl)cc1Nc1ncc(C(F)(F)F)c(Oc2cccc3c2COCN(C)C3)n1. The third-order valence-corrected chi connectivity index (χ3v) is 7.65. The average molecular weight is 639 g/mol. The lowest BCUT2D eigenvalue weighted by atomic mass is 10.0. The van der Waals surface area contributed by atoms with Crippen molar-refractivity contribution in [3.05, 3.63) is 63.8 Å². The zero-order chi connectivity index (χ0) is 31.6. The monoisotopic (exact) mass is 638 g/mol. The summed E-state index contributed by atoms with van der Waals surface area (Å²) in [5.41, 5.74) is 0.497. The highest BCUT2D eigenvalue weighted by Crippen LogP contribution is 2.40. The standard InChI is InChI=1S/C29H31ClF4N6O4/c1-39-8-7-22(21(31)13-39)36-26(41)17-9-25(42-3)23(10-20(17)30)37-28-35-11-19(29(32,33)34)27(38-28)44-24-6-4-5-16-12-40(2)15-43-14-18(16)24/h4-6,9-11,21-22H,7-8,12-15H2,1-3H3,(H,36,41)(H,35,37,38)/t21-,22+/m0/s1. The van der Waals surface area contributed by atoms with Crippen molar-refractivity contribution in [2.24, 2.45) is 0 Å². The predicted octanol–water partition coefficient (Wildman–Crippen LogP) is 5.38. The van der Waals surface area contributed by atoms with Crippen molar-refractivity contribution in [3.63, 3.8) is 0 Å². The first-order valence-corrected chi connectivity index (χ1v) is 14.1. The molecule has 3 aromatic rings. The van der Waals surface area contributed by atoms with Gasteiger partial charge in [-0.25, -0.2) is 9.37 Å². The number of likely N-dealkylation sites (tertiary alicyclic amines) is 1. The maximum atomic E-state index is 14.5. The van der Waals surface area contributed by atoms with Crippen molar-refractivity contribution < 1.29 is 36.6 Å². The van der Waals surface area contributed by atoms with Gasteiger partial charge >= 0.3 is 6.18 Å². The van der Waals surface area contributed by atoms with E-state index in [1.54, 1.807) is 19.2 Å². The average Bonchev–Trinajstić information content (AvgIpc) is 3.15. The number of hydrogen-bond donors (Lipinski definition) is 2. The molecule has 2 N–H and O–H groups in total. The Bertz CT molecular complexity index is 1530. The number of aromatic nitrogens is 2. The first-order chi connectivity index (χ1) is 20.9. The minimum absolute atomic E-state index is 0.00512. The number of carbonyl (C=O) groups excluding carboxylic acids is 1. The molecule has 1 amide bonds. The minimum Gasteiger partial charge on any atom is -0.495 e. The fourth-order valence-corrected chi connectivity index (χ4v) is 5.29. The number of ether oxygens (including phenoxy) is 3. The molecular formula is C29H31ClF4N6O4. The fraction of sp³-hybridized carbons (Fsp3) is 0.414. The van der Waals surface area contributed by atoms with Crippen molar-refractivity contribution in [1.29, 1.82) is 0 Å². The summed E-state index contributed by atoms with van der Waals surface area (Å²) in [7, 11) is 5.01. The van der Waals surface area contributed by atoms with Crippen molar-refractivity contribution in [1.82, 2.24) is 25.1 Å². The van der Waals surface area contributed by atoms with Crippen LogP contribution in [0.25, 0.3) is 0 Å². The van der Waals surface area contributed by atoms with Gasteiger partial charge in [0.05, 0.1) is 42.8 Å². The van der Waals surface area contributed by atoms with E-state index in [4.69, 9.17) is 25.8 Å². The molecular weight excluding hydrogens is 608 g/mol. The maximum Gasteiger partial charge on any atom is 0.423 e. The number of benzene rings is 2. The van der Waals surface area contributed by atoms with Gasteiger partial charge in [-0.05, 0) is 44.3 Å². The number of piperidine rings is 1. The van der Waals surface area contributed by atoms with Gasteiger partial charge in [-0.15, -0.1) is 0 Å². The van der Waals surface area contributed by atoms with E-state index < -0.39 is 35.7 Å². The molecule has 0 unspecified atom stereocenters. The molecule has 44 heavy (non-hydrogen) atoms. The Morgan fingerprint density at radius 2 is 1.98 bits per heavy atom. The number of nitrogens with one attached hydrogen (secondary N) is 2. The molecule has 5 rings (SSSR count). The van der Waals surface area contributed by atoms with Gasteiger partial charge in [0.1, 0.15) is 23.2 Å². The Hall–Kier alpha value is -3.72. The minimum atomic E-state index is -4.81. The van der Waals surface area contributed by atoms with Crippen LogP contribution in [0.15, 0.2) is 36.5 Å². The van der Waals surface area contributed by atoms with Gasteiger partial charge < -0.3 is 29.7 Å². The number of hydrogen-bond acceptors (Lipinski definition) is 9. The molecule has 15 heteroatoms. The maximum absolute atomic E-state index is 14.5. The second-order valence-corrected chi connectivity index (χ2v) is 11.1. The van der Waals surface area contributed by atoms with E-state index in [2.05, 4.69) is 20.6 Å². The number of amides is 1. The van der Waals surface area contributed by atoms with Crippen LogP contribution >= 0.6 is 11.6 Å². The summed E-state index contributed by atoms with van der Waals surface area (Å²) in [6.07, 6.45) is -5.00. The Morgan fingerprint density at radius 3 is 2.70 bits per heavy atom. The zero-order valence-corrected chi connectivity index (χ0v) is 24.9. The molecule has 2 aliphatic heterocycles. The summed E-state index contributed by atoms with van der Waals surface area (Å²) in [6.45, 7) is 1.84. The Balaban J connectivity index is 1.42. The number of rotatable bonds is 7. The molecule has 2 atom stereocenters. The van der Waals surface area contributed by atoms with Gasteiger partial charge in [0.25, 0.3) is 5.91 Å². The first kappa shape index (κ1) is 31.7. The van der Waals surface area contributed by atoms with Crippen LogP contribution in [0.4, 0.5) is 29.2 Å². The third-order valence-electron chi connectivity index (χ3n) is 7.34. The molecule has 0 aliphatic carbocycles.